The van der Waals surface area contributed by atoms with Crippen molar-refractivity contribution in [3.05, 3.63) is 88.9 Å². The minimum absolute atomic E-state index is 0.128. The van der Waals surface area contributed by atoms with E-state index in [1.807, 2.05) is 13.8 Å². The van der Waals surface area contributed by atoms with Gasteiger partial charge in [0.2, 0.25) is 0 Å². The first kappa shape index (κ1) is 20.9. The van der Waals surface area contributed by atoms with Crippen LogP contribution in [0.15, 0.2) is 82.1 Å². The highest BCUT2D eigenvalue weighted by atomic mass is 35.5. The Balaban J connectivity index is 1.99. The Bertz CT molecular complexity index is 1090. The van der Waals surface area contributed by atoms with Crippen LogP contribution in [0.25, 0.3) is 0 Å². The molecule has 0 aromatic heterocycles. The van der Waals surface area contributed by atoms with Gasteiger partial charge >= 0.3 is 0 Å². The zero-order chi connectivity index (χ0) is 20.9. The molecule has 0 aliphatic rings. The summed E-state index contributed by atoms with van der Waals surface area (Å²) in [6.45, 7) is 4.37. The monoisotopic (exact) mass is 428 g/mol. The van der Waals surface area contributed by atoms with Crippen molar-refractivity contribution in [1.29, 1.82) is 0 Å². The third-order valence-corrected chi connectivity index (χ3v) is 5.62. The maximum absolute atomic E-state index is 12.9. The van der Waals surface area contributed by atoms with E-state index in [1.54, 1.807) is 72.8 Å². The number of benzene rings is 3. The molecule has 0 aliphatic carbocycles. The molecular formula is C22H21ClN2O3S. The Morgan fingerprint density at radius 1 is 0.966 bits per heavy atom. The van der Waals surface area contributed by atoms with E-state index in [0.29, 0.717) is 22.9 Å². The fourth-order valence-electron chi connectivity index (χ4n) is 2.58. The summed E-state index contributed by atoms with van der Waals surface area (Å²) < 4.78 is 35.2. The van der Waals surface area contributed by atoms with Crippen LogP contribution in [0.1, 0.15) is 18.1 Å². The molecule has 0 aliphatic heterocycles. The molecule has 5 nitrogen and oxygen atoms in total. The second kappa shape index (κ2) is 9.11. The SMILES string of the molecule is CCOc1ccc(N/C(=N/S(=O)(=O)c2ccc(C)cc2)c2ccc(Cl)cc2)cc1. The fraction of sp³-hybridized carbons (Fsp3) is 0.136. The van der Waals surface area contributed by atoms with Crippen molar-refractivity contribution in [3.63, 3.8) is 0 Å². The van der Waals surface area contributed by atoms with Crippen LogP contribution in [0.5, 0.6) is 5.75 Å². The van der Waals surface area contributed by atoms with Crippen molar-refractivity contribution in [2.75, 3.05) is 11.9 Å². The molecule has 0 unspecified atom stereocenters. The van der Waals surface area contributed by atoms with Gasteiger partial charge in [0.1, 0.15) is 5.75 Å². The number of amidine groups is 1. The van der Waals surface area contributed by atoms with Crippen molar-refractivity contribution >= 4 is 33.1 Å². The number of aryl methyl sites for hydroxylation is 1. The number of nitrogens with one attached hydrogen (secondary N) is 1. The van der Waals surface area contributed by atoms with Crippen molar-refractivity contribution in [3.8, 4) is 5.75 Å². The van der Waals surface area contributed by atoms with Gasteiger partial charge in [0.05, 0.1) is 11.5 Å². The first-order valence-corrected chi connectivity index (χ1v) is 10.9. The normalized spacial score (nSPS) is 11.9. The molecule has 3 aromatic carbocycles. The number of hydrogen-bond acceptors (Lipinski definition) is 3. The predicted molar refractivity (Wildman–Crippen MR) is 118 cm³/mol. The highest BCUT2D eigenvalue weighted by Crippen LogP contribution is 2.20. The highest BCUT2D eigenvalue weighted by Gasteiger charge is 2.16. The molecule has 3 aromatic rings. The second-order valence-corrected chi connectivity index (χ2v) is 8.36. The molecular weight excluding hydrogens is 408 g/mol. The molecule has 0 radical (unpaired) electrons. The zero-order valence-corrected chi connectivity index (χ0v) is 17.7. The molecule has 0 bridgehead atoms. The van der Waals surface area contributed by atoms with Crippen LogP contribution in [-0.4, -0.2) is 20.9 Å². The minimum atomic E-state index is -3.90. The summed E-state index contributed by atoms with van der Waals surface area (Å²) in [7, 11) is -3.90. The third-order valence-electron chi connectivity index (χ3n) is 4.08. The molecule has 7 heteroatoms. The number of anilines is 1. The molecule has 150 valence electrons. The van der Waals surface area contributed by atoms with E-state index in [1.165, 1.54) is 0 Å². The van der Waals surface area contributed by atoms with Gasteiger partial charge in [-0.05, 0) is 74.5 Å². The minimum Gasteiger partial charge on any atom is -0.494 e. The fourth-order valence-corrected chi connectivity index (χ4v) is 3.68. The van der Waals surface area contributed by atoms with Crippen LogP contribution in [0.2, 0.25) is 5.02 Å². The van der Waals surface area contributed by atoms with E-state index in [2.05, 4.69) is 9.71 Å². The Labute approximate surface area is 176 Å². The number of sulfonamides is 1. The largest absolute Gasteiger partial charge is 0.494 e. The lowest BCUT2D eigenvalue weighted by Gasteiger charge is -2.12. The average Bonchev–Trinajstić information content (AvgIpc) is 2.70. The van der Waals surface area contributed by atoms with E-state index in [4.69, 9.17) is 16.3 Å². The lowest BCUT2D eigenvalue weighted by Crippen LogP contribution is -2.16. The van der Waals surface area contributed by atoms with Crippen LogP contribution < -0.4 is 10.1 Å². The number of rotatable bonds is 6. The Morgan fingerprint density at radius 3 is 2.17 bits per heavy atom. The van der Waals surface area contributed by atoms with Crippen LogP contribution in [0.3, 0.4) is 0 Å². The third kappa shape index (κ3) is 5.59. The Kier molecular flexibility index (Phi) is 6.56. The van der Waals surface area contributed by atoms with Gasteiger partial charge in [-0.25, -0.2) is 0 Å². The average molecular weight is 429 g/mol. The Morgan fingerprint density at radius 2 is 1.59 bits per heavy atom. The summed E-state index contributed by atoms with van der Waals surface area (Å²) in [5.41, 5.74) is 2.25. The number of nitrogens with zero attached hydrogens (tertiary/aromatic N) is 1. The molecule has 0 atom stereocenters. The molecule has 0 saturated carbocycles. The van der Waals surface area contributed by atoms with Gasteiger partial charge in [-0.3, -0.25) is 0 Å². The number of hydrogen-bond donors (Lipinski definition) is 1. The van der Waals surface area contributed by atoms with Crippen LogP contribution in [0.4, 0.5) is 5.69 Å². The van der Waals surface area contributed by atoms with E-state index in [9.17, 15) is 8.42 Å². The highest BCUT2D eigenvalue weighted by molar-refractivity contribution is 7.90. The topological polar surface area (TPSA) is 67.8 Å². The van der Waals surface area contributed by atoms with Gasteiger partial charge in [-0.2, -0.15) is 8.42 Å². The predicted octanol–water partition coefficient (Wildman–Crippen LogP) is 5.29. The maximum atomic E-state index is 12.9. The van der Waals surface area contributed by atoms with Crippen molar-refractivity contribution in [2.45, 2.75) is 18.7 Å². The van der Waals surface area contributed by atoms with Crippen molar-refractivity contribution in [2.24, 2.45) is 4.40 Å². The van der Waals surface area contributed by atoms with Crippen molar-refractivity contribution in [1.82, 2.24) is 0 Å². The van der Waals surface area contributed by atoms with E-state index < -0.39 is 10.0 Å². The van der Waals surface area contributed by atoms with E-state index in [-0.39, 0.29) is 10.7 Å². The smallest absolute Gasteiger partial charge is 0.284 e. The summed E-state index contributed by atoms with van der Waals surface area (Å²) in [5.74, 6) is 0.932. The summed E-state index contributed by atoms with van der Waals surface area (Å²) in [4.78, 5) is 0.128. The van der Waals surface area contributed by atoms with Gasteiger partial charge in [0.15, 0.2) is 5.84 Å². The van der Waals surface area contributed by atoms with E-state index in [0.717, 1.165) is 11.3 Å². The molecule has 0 saturated heterocycles. The summed E-state index contributed by atoms with van der Waals surface area (Å²) in [6, 6.07) is 20.6. The molecule has 29 heavy (non-hydrogen) atoms. The van der Waals surface area contributed by atoms with Crippen LogP contribution >= 0.6 is 11.6 Å². The second-order valence-electron chi connectivity index (χ2n) is 6.32. The van der Waals surface area contributed by atoms with E-state index >= 15 is 0 Å². The standard InChI is InChI=1S/C22H21ClN2O3S/c1-3-28-20-12-10-19(11-13-20)24-22(17-6-8-18(23)9-7-17)25-29(26,27)21-14-4-16(2)5-15-21/h4-15H,3H2,1-2H3,(H,24,25). The molecule has 0 spiro atoms. The lowest BCUT2D eigenvalue weighted by atomic mass is 10.2. The van der Waals surface area contributed by atoms with Crippen LogP contribution in [-0.2, 0) is 10.0 Å². The lowest BCUT2D eigenvalue weighted by molar-refractivity contribution is 0.340. The maximum Gasteiger partial charge on any atom is 0.284 e. The molecule has 0 heterocycles. The van der Waals surface area contributed by atoms with Crippen LogP contribution in [0, 0.1) is 6.92 Å². The molecule has 3 rings (SSSR count). The first-order valence-electron chi connectivity index (χ1n) is 9.05. The summed E-state index contributed by atoms with van der Waals surface area (Å²) in [6.07, 6.45) is 0. The molecule has 1 N–H and O–H groups in total. The van der Waals surface area contributed by atoms with Gasteiger partial charge < -0.3 is 10.1 Å². The van der Waals surface area contributed by atoms with Gasteiger partial charge in [-0.15, -0.1) is 4.40 Å². The Hall–Kier alpha value is -2.83. The molecule has 0 amide bonds. The zero-order valence-electron chi connectivity index (χ0n) is 16.1. The van der Waals surface area contributed by atoms with Gasteiger partial charge in [0, 0.05) is 16.3 Å². The van der Waals surface area contributed by atoms with Gasteiger partial charge in [-0.1, -0.05) is 29.3 Å². The number of ether oxygens (including phenoxy) is 1. The number of halogens is 1. The first-order chi connectivity index (χ1) is 13.9. The molecule has 0 fully saturated rings. The van der Waals surface area contributed by atoms with Crippen molar-refractivity contribution < 1.29 is 13.2 Å². The van der Waals surface area contributed by atoms with Gasteiger partial charge in [0.25, 0.3) is 10.0 Å². The summed E-state index contributed by atoms with van der Waals surface area (Å²) in [5, 5.41) is 3.64. The summed E-state index contributed by atoms with van der Waals surface area (Å²) >= 11 is 5.98. The quantitative estimate of drug-likeness (QED) is 0.427.